The van der Waals surface area contributed by atoms with Crippen LogP contribution >= 0.6 is 35.1 Å². The molecule has 2 fully saturated rings. The number of benzene rings is 3. The topological polar surface area (TPSA) is 283 Å². The van der Waals surface area contributed by atoms with Gasteiger partial charge >= 0.3 is 0 Å². The first kappa shape index (κ1) is 69.6. The second-order valence-corrected chi connectivity index (χ2v) is 38.4. The van der Waals surface area contributed by atoms with Gasteiger partial charge in [0.05, 0.1) is 50.9 Å². The zero-order valence-corrected chi connectivity index (χ0v) is 57.7. The Morgan fingerprint density at radius 1 is 0.636 bits per heavy atom. The first-order valence-electron chi connectivity index (χ1n) is 29.4. The molecule has 2 amide bonds. The molecular weight excluding hydrogens is 1220 g/mol. The lowest BCUT2D eigenvalue weighted by molar-refractivity contribution is -0.119. The number of anilines is 2. The molecule has 9 rings (SSSR count). The van der Waals surface area contributed by atoms with Gasteiger partial charge in [0.1, 0.15) is 39.3 Å². The summed E-state index contributed by atoms with van der Waals surface area (Å²) in [5.41, 5.74) is 3.04. The molecule has 4 aromatic heterocycles. The van der Waals surface area contributed by atoms with E-state index in [9.17, 15) is 34.5 Å². The number of nitrogens with one attached hydrogen (secondary N) is 4. The van der Waals surface area contributed by atoms with E-state index in [0.717, 1.165) is 34.6 Å². The number of carbonyl (C=O) groups excluding carboxylic acids is 2. The first-order chi connectivity index (χ1) is 41.2. The maximum atomic E-state index is 12.6. The highest BCUT2D eigenvalue weighted by molar-refractivity contribution is 8.00. The smallest absolute Gasteiger partial charge is 0.280 e. The van der Waals surface area contributed by atoms with Crippen LogP contribution in [-0.2, 0) is 23.3 Å². The van der Waals surface area contributed by atoms with Crippen LogP contribution in [0.25, 0.3) is 22.3 Å². The van der Waals surface area contributed by atoms with Gasteiger partial charge in [0.25, 0.3) is 11.1 Å². The SMILES string of the molecule is CC(C)C(=O)Nc1nc2c(ncn2[C@@H]2S[C@H](CO)[C@@H](O)[C@H]2O[Si](C)(C)C(C)(C)C)c(=O)[nH]1.CC[C@H]1S[C@@H](n2cnc3c(=O)[nH]c(NC(=O)C(C)C)nc32)[C@H](O[Si](C)(C)C(C)(C)C)[C@@H]1O.COc1ccc(C(Cl)(c2ccccc2)c2ccc(OC)cc2)cc1. The third kappa shape index (κ3) is 15.1. The molecule has 478 valence electrons. The summed E-state index contributed by atoms with van der Waals surface area (Å²) < 4.78 is 27.3. The number of ether oxygens (including phenoxy) is 2. The maximum absolute atomic E-state index is 12.6. The molecule has 0 saturated carbocycles. The van der Waals surface area contributed by atoms with Crippen LogP contribution in [0.5, 0.6) is 11.5 Å². The lowest BCUT2D eigenvalue weighted by Crippen LogP contribution is -2.48. The Morgan fingerprint density at radius 3 is 1.34 bits per heavy atom. The van der Waals surface area contributed by atoms with Gasteiger partial charge < -0.3 is 33.6 Å². The number of fused-ring (bicyclic) bond motifs is 2. The number of alkyl halides is 1. The monoisotopic (exact) mass is 1300 g/mol. The van der Waals surface area contributed by atoms with Gasteiger partial charge in [0, 0.05) is 17.1 Å². The van der Waals surface area contributed by atoms with E-state index in [-0.39, 0.29) is 79.5 Å². The molecule has 8 atom stereocenters. The van der Waals surface area contributed by atoms with Gasteiger partial charge in [-0.2, -0.15) is 9.97 Å². The van der Waals surface area contributed by atoms with Crippen molar-refractivity contribution in [3.8, 4) is 11.5 Å². The van der Waals surface area contributed by atoms with Crippen molar-refractivity contribution < 1.29 is 43.2 Å². The van der Waals surface area contributed by atoms with Gasteiger partial charge in [-0.3, -0.25) is 48.9 Å². The molecule has 2 aliphatic rings. The summed E-state index contributed by atoms with van der Waals surface area (Å²) in [5.74, 6) is 0.676. The first-order valence-corrected chi connectivity index (χ1v) is 37.5. The molecular formula is C62H87ClN10O11S2Si2. The Kier molecular flexibility index (Phi) is 22.2. The number of H-pyrrole nitrogens is 2. The summed E-state index contributed by atoms with van der Waals surface area (Å²) in [5, 5.41) is 35.8. The number of thioether (sulfide) groups is 2. The number of methoxy groups -OCH3 is 2. The molecule has 0 bridgehead atoms. The van der Waals surface area contributed by atoms with Gasteiger partial charge in [-0.1, -0.05) is 131 Å². The molecule has 0 unspecified atom stereocenters. The molecule has 21 nitrogen and oxygen atoms in total. The largest absolute Gasteiger partial charge is 0.497 e. The molecule has 88 heavy (non-hydrogen) atoms. The highest BCUT2D eigenvalue weighted by Gasteiger charge is 2.52. The predicted molar refractivity (Wildman–Crippen MR) is 356 cm³/mol. The zero-order chi connectivity index (χ0) is 65.0. The summed E-state index contributed by atoms with van der Waals surface area (Å²) in [7, 11) is -1.14. The van der Waals surface area contributed by atoms with Gasteiger partial charge in [-0.15, -0.1) is 35.1 Å². The van der Waals surface area contributed by atoms with Crippen molar-refractivity contribution >= 4 is 97.8 Å². The zero-order valence-electron chi connectivity index (χ0n) is 53.3. The minimum absolute atomic E-state index is 0.00525. The van der Waals surface area contributed by atoms with Crippen LogP contribution in [-0.4, -0.2) is 139 Å². The number of rotatable bonds is 17. The Hall–Kier alpha value is -5.88. The minimum Gasteiger partial charge on any atom is -0.497 e. The van der Waals surface area contributed by atoms with E-state index in [2.05, 4.69) is 108 Å². The third-order valence-electron chi connectivity index (χ3n) is 16.8. The van der Waals surface area contributed by atoms with E-state index in [0.29, 0.717) is 5.65 Å². The lowest BCUT2D eigenvalue weighted by atomic mass is 9.84. The van der Waals surface area contributed by atoms with E-state index >= 15 is 0 Å². The molecule has 6 heterocycles. The second kappa shape index (κ2) is 28.1. The number of amides is 2. The Balaban J connectivity index is 0.000000190. The fourth-order valence-electron chi connectivity index (χ4n) is 9.34. The molecule has 0 radical (unpaired) electrons. The second-order valence-electron chi connectivity index (χ2n) is 25.6. The number of aromatic nitrogens is 8. The van der Waals surface area contributed by atoms with Crippen molar-refractivity contribution in [3.63, 3.8) is 0 Å². The van der Waals surface area contributed by atoms with Crippen LogP contribution in [0, 0.1) is 11.8 Å². The Bertz CT molecular complexity index is 3420. The number of aliphatic hydroxyl groups is 3. The predicted octanol–water partition coefficient (Wildman–Crippen LogP) is 10.8. The Labute approximate surface area is 530 Å². The minimum atomic E-state index is -2.27. The summed E-state index contributed by atoms with van der Waals surface area (Å²) in [4.78, 5) is 71.1. The van der Waals surface area contributed by atoms with E-state index in [4.69, 9.17) is 29.9 Å². The van der Waals surface area contributed by atoms with Crippen LogP contribution in [0.3, 0.4) is 0 Å². The average Bonchev–Trinajstić information content (AvgIpc) is 1.92. The van der Waals surface area contributed by atoms with E-state index in [1.165, 1.54) is 18.1 Å². The van der Waals surface area contributed by atoms with Crippen LogP contribution in [0.2, 0.25) is 36.3 Å². The molecule has 26 heteroatoms. The lowest BCUT2D eigenvalue weighted by Gasteiger charge is -2.40. The number of halogens is 1. The number of nitrogens with zero attached hydrogens (tertiary/aromatic N) is 6. The van der Waals surface area contributed by atoms with E-state index in [1.54, 1.807) is 69.1 Å². The number of hydrogen-bond donors (Lipinski definition) is 7. The maximum Gasteiger partial charge on any atom is 0.280 e. The molecule has 7 N–H and O–H groups in total. The molecule has 2 aliphatic heterocycles. The number of aliphatic hydroxyl groups excluding tert-OH is 3. The number of carbonyl (C=O) groups is 2. The fraction of sp³-hybridized carbons (Fsp3) is 0.516. The van der Waals surface area contributed by atoms with Crippen LogP contribution in [0.4, 0.5) is 11.9 Å². The van der Waals surface area contributed by atoms with Gasteiger partial charge in [0.15, 0.2) is 39.0 Å². The van der Waals surface area contributed by atoms with Crippen molar-refractivity contribution in [1.82, 2.24) is 39.0 Å². The summed E-state index contributed by atoms with van der Waals surface area (Å²) in [6.45, 7) is 30.2. The number of aromatic amines is 2. The van der Waals surface area contributed by atoms with Crippen molar-refractivity contribution in [1.29, 1.82) is 0 Å². The summed E-state index contributed by atoms with van der Waals surface area (Å²) >= 11 is 10.2. The van der Waals surface area contributed by atoms with Crippen molar-refractivity contribution in [2.24, 2.45) is 11.8 Å². The van der Waals surface area contributed by atoms with Crippen LogP contribution in [0.15, 0.2) is 101 Å². The summed E-state index contributed by atoms with van der Waals surface area (Å²) in [6, 6.07) is 25.8. The highest BCUT2D eigenvalue weighted by Crippen LogP contribution is 2.51. The van der Waals surface area contributed by atoms with Gasteiger partial charge in [-0.05, 0) is 83.6 Å². The number of hydrogen-bond acceptors (Lipinski definition) is 17. The Morgan fingerprint density at radius 2 is 1.00 bits per heavy atom. The molecule has 7 aromatic rings. The summed E-state index contributed by atoms with van der Waals surface area (Å²) in [6.07, 6.45) is 1.23. The van der Waals surface area contributed by atoms with E-state index < -0.39 is 67.7 Å². The van der Waals surface area contributed by atoms with Crippen molar-refractivity contribution in [3.05, 3.63) is 129 Å². The molecule has 2 saturated heterocycles. The normalized spacial score (nSPS) is 20.8. The third-order valence-corrected chi connectivity index (χ3v) is 29.7. The standard InChI is InChI=1S/C21H19ClO2.C21H35N5O4SSi.C20H33N5O5SSi/c1-23-19-12-8-17(9-13-19)21(22,16-6-4-3-5-7-16)18-10-14-20(24-2)15-11-18;1-9-12-14(27)15(30-32(7,8)21(4,5)6)19(31-12)26-10-22-13-16(26)23-20(25-18(13)29)24-17(28)11(2)3;1-10(2)16(28)23-19-22-15-12(17(29)24-19)21-9-25(15)18-14(13(27)11(8-26)31-18)30-32(6,7)20(3,4)5/h3-15H,1-2H3;10-12,14-15,19,27H,9H2,1-8H3,(H2,23,24,25,28,29);9-11,13-14,18,26-27H,8H2,1-7H3,(H2,22,23,24,28,29)/t;12-,14-,15-,19-;11-,13-,14-,18-/m.11/s1. The fourth-order valence-corrected chi connectivity index (χ4v) is 15.5. The highest BCUT2D eigenvalue weighted by atomic mass is 35.5. The molecule has 0 spiro atoms. The molecule has 3 aromatic carbocycles. The van der Waals surface area contributed by atoms with Gasteiger partial charge in [-0.25, -0.2) is 9.97 Å². The van der Waals surface area contributed by atoms with Gasteiger partial charge in [0.2, 0.25) is 23.7 Å². The van der Waals surface area contributed by atoms with Crippen LogP contribution in [0.1, 0.15) is 110 Å². The van der Waals surface area contributed by atoms with E-state index in [1.807, 2.05) is 85.8 Å². The molecule has 0 aliphatic carbocycles. The van der Waals surface area contributed by atoms with Crippen molar-refractivity contribution in [2.45, 2.75) is 169 Å². The number of imidazole rings is 2. The average molecular weight is 1300 g/mol. The van der Waals surface area contributed by atoms with Crippen molar-refractivity contribution in [2.75, 3.05) is 31.5 Å². The quantitative estimate of drug-likeness (QED) is 0.0253. The van der Waals surface area contributed by atoms with Crippen LogP contribution < -0.4 is 31.2 Å².